The molecule has 0 radical (unpaired) electrons. The molecule has 0 aromatic carbocycles. The van der Waals surface area contributed by atoms with Gasteiger partial charge in [0.05, 0.1) is 0 Å². The Kier molecular flexibility index (Phi) is 2.99. The Bertz CT molecular complexity index is 281. The van der Waals surface area contributed by atoms with Gasteiger partial charge in [-0.3, -0.25) is 4.90 Å². The molecule has 1 N–H and O–H groups in total. The maximum atomic E-state index is 3.87. The standard InChI is InChI=1S/C15H28N2/c1-11(2)14-8-16-15(3,13-6-7-13)10-17(14)9-12-4-5-12/h11-14,16H,4-10H2,1-3H3. The predicted molar refractivity (Wildman–Crippen MR) is 72.1 cm³/mol. The minimum absolute atomic E-state index is 0.417. The van der Waals surface area contributed by atoms with Crippen LogP contribution in [0.1, 0.15) is 46.5 Å². The van der Waals surface area contributed by atoms with Gasteiger partial charge in [0.2, 0.25) is 0 Å². The minimum Gasteiger partial charge on any atom is -0.308 e. The smallest absolute Gasteiger partial charge is 0.0309 e. The number of hydrogen-bond acceptors (Lipinski definition) is 2. The molecule has 1 heterocycles. The lowest BCUT2D eigenvalue weighted by atomic mass is 9.88. The third-order valence-corrected chi connectivity index (χ3v) is 5.15. The van der Waals surface area contributed by atoms with E-state index in [9.17, 15) is 0 Å². The quantitative estimate of drug-likeness (QED) is 0.807. The normalized spacial score (nSPS) is 39.9. The summed E-state index contributed by atoms with van der Waals surface area (Å²) in [6.07, 6.45) is 5.87. The van der Waals surface area contributed by atoms with E-state index < -0.39 is 0 Å². The van der Waals surface area contributed by atoms with Crippen molar-refractivity contribution in [3.63, 3.8) is 0 Å². The van der Waals surface area contributed by atoms with Crippen molar-refractivity contribution in [1.29, 1.82) is 0 Å². The summed E-state index contributed by atoms with van der Waals surface area (Å²) >= 11 is 0. The molecule has 0 aromatic heterocycles. The van der Waals surface area contributed by atoms with Gasteiger partial charge in [-0.15, -0.1) is 0 Å². The maximum absolute atomic E-state index is 3.87. The second-order valence-corrected chi connectivity index (χ2v) is 7.26. The maximum Gasteiger partial charge on any atom is 0.0309 e. The largest absolute Gasteiger partial charge is 0.308 e. The van der Waals surface area contributed by atoms with Gasteiger partial charge in [0.25, 0.3) is 0 Å². The zero-order valence-corrected chi connectivity index (χ0v) is 11.7. The summed E-state index contributed by atoms with van der Waals surface area (Å²) in [5, 5.41) is 3.87. The van der Waals surface area contributed by atoms with E-state index in [1.54, 1.807) is 0 Å². The summed E-state index contributed by atoms with van der Waals surface area (Å²) in [5.74, 6) is 2.76. The zero-order chi connectivity index (χ0) is 12.0. The number of hydrogen-bond donors (Lipinski definition) is 1. The fourth-order valence-corrected chi connectivity index (χ4v) is 3.55. The first kappa shape index (κ1) is 12.0. The van der Waals surface area contributed by atoms with Crippen LogP contribution in [0, 0.1) is 17.8 Å². The fourth-order valence-electron chi connectivity index (χ4n) is 3.55. The average Bonchev–Trinajstić information content (AvgIpc) is 3.12. The topological polar surface area (TPSA) is 15.3 Å². The van der Waals surface area contributed by atoms with E-state index in [0.29, 0.717) is 5.54 Å². The molecule has 3 rings (SSSR count). The number of rotatable bonds is 4. The van der Waals surface area contributed by atoms with Gasteiger partial charge < -0.3 is 5.32 Å². The average molecular weight is 236 g/mol. The Morgan fingerprint density at radius 3 is 2.47 bits per heavy atom. The summed E-state index contributed by atoms with van der Waals surface area (Å²) in [4.78, 5) is 2.82. The van der Waals surface area contributed by atoms with E-state index in [0.717, 1.165) is 23.8 Å². The van der Waals surface area contributed by atoms with E-state index in [2.05, 4.69) is 31.0 Å². The molecule has 2 aliphatic carbocycles. The van der Waals surface area contributed by atoms with Gasteiger partial charge in [-0.1, -0.05) is 13.8 Å². The Balaban J connectivity index is 1.68. The van der Waals surface area contributed by atoms with Crippen molar-refractivity contribution in [3.05, 3.63) is 0 Å². The third-order valence-electron chi connectivity index (χ3n) is 5.15. The lowest BCUT2D eigenvalue weighted by Crippen LogP contribution is -2.65. The van der Waals surface area contributed by atoms with Crippen molar-refractivity contribution in [1.82, 2.24) is 10.2 Å². The van der Waals surface area contributed by atoms with Crippen LogP contribution in [0.5, 0.6) is 0 Å². The molecular formula is C15H28N2. The van der Waals surface area contributed by atoms with Crippen LogP contribution in [0.4, 0.5) is 0 Å². The van der Waals surface area contributed by atoms with Crippen LogP contribution in [0.15, 0.2) is 0 Å². The number of piperazine rings is 1. The van der Waals surface area contributed by atoms with Gasteiger partial charge in [-0.05, 0) is 50.4 Å². The summed E-state index contributed by atoms with van der Waals surface area (Å²) < 4.78 is 0. The molecule has 1 aliphatic heterocycles. The van der Waals surface area contributed by atoms with Crippen LogP contribution >= 0.6 is 0 Å². The summed E-state index contributed by atoms with van der Waals surface area (Å²) in [6.45, 7) is 11.1. The van der Waals surface area contributed by atoms with Gasteiger partial charge in [-0.25, -0.2) is 0 Å². The Labute approximate surface area is 106 Å². The van der Waals surface area contributed by atoms with E-state index in [-0.39, 0.29) is 0 Å². The van der Waals surface area contributed by atoms with Crippen molar-refractivity contribution in [2.24, 2.45) is 17.8 Å². The summed E-state index contributed by atoms with van der Waals surface area (Å²) in [7, 11) is 0. The molecule has 17 heavy (non-hydrogen) atoms. The highest BCUT2D eigenvalue weighted by Gasteiger charge is 2.47. The molecule has 2 saturated carbocycles. The van der Waals surface area contributed by atoms with Gasteiger partial charge in [0.15, 0.2) is 0 Å². The summed E-state index contributed by atoms with van der Waals surface area (Å²) in [6, 6.07) is 0.766. The van der Waals surface area contributed by atoms with Crippen LogP contribution < -0.4 is 5.32 Å². The highest BCUT2D eigenvalue weighted by atomic mass is 15.3. The molecule has 2 nitrogen and oxygen atoms in total. The Morgan fingerprint density at radius 1 is 1.24 bits per heavy atom. The van der Waals surface area contributed by atoms with Crippen molar-refractivity contribution in [2.45, 2.75) is 58.0 Å². The molecule has 1 saturated heterocycles. The van der Waals surface area contributed by atoms with Crippen LogP contribution in [-0.4, -0.2) is 36.1 Å². The molecule has 0 amide bonds. The van der Waals surface area contributed by atoms with E-state index in [4.69, 9.17) is 0 Å². The Hall–Kier alpha value is -0.0800. The predicted octanol–water partition coefficient (Wildman–Crippen LogP) is 2.49. The fraction of sp³-hybridized carbons (Fsp3) is 1.00. The Morgan fingerprint density at radius 2 is 1.94 bits per heavy atom. The molecule has 2 atom stereocenters. The third kappa shape index (κ3) is 2.53. The van der Waals surface area contributed by atoms with Crippen LogP contribution in [-0.2, 0) is 0 Å². The number of nitrogens with zero attached hydrogens (tertiary/aromatic N) is 1. The second kappa shape index (κ2) is 4.24. The van der Waals surface area contributed by atoms with Crippen molar-refractivity contribution >= 4 is 0 Å². The van der Waals surface area contributed by atoms with Crippen molar-refractivity contribution in [3.8, 4) is 0 Å². The van der Waals surface area contributed by atoms with E-state index in [1.165, 1.54) is 45.3 Å². The molecular weight excluding hydrogens is 208 g/mol. The lowest BCUT2D eigenvalue weighted by molar-refractivity contribution is 0.0488. The first-order valence-corrected chi connectivity index (χ1v) is 7.57. The lowest BCUT2D eigenvalue weighted by Gasteiger charge is -2.48. The van der Waals surface area contributed by atoms with Crippen molar-refractivity contribution in [2.75, 3.05) is 19.6 Å². The van der Waals surface area contributed by atoms with Crippen molar-refractivity contribution < 1.29 is 0 Å². The molecule has 2 unspecified atom stereocenters. The summed E-state index contributed by atoms with van der Waals surface area (Å²) in [5.41, 5.74) is 0.417. The van der Waals surface area contributed by atoms with Crippen LogP contribution in [0.25, 0.3) is 0 Å². The molecule has 0 spiro atoms. The van der Waals surface area contributed by atoms with Crippen LogP contribution in [0.3, 0.4) is 0 Å². The van der Waals surface area contributed by atoms with E-state index >= 15 is 0 Å². The zero-order valence-electron chi connectivity index (χ0n) is 11.7. The monoisotopic (exact) mass is 236 g/mol. The first-order chi connectivity index (χ1) is 8.08. The van der Waals surface area contributed by atoms with Gasteiger partial charge in [-0.2, -0.15) is 0 Å². The minimum atomic E-state index is 0.417. The molecule has 3 fully saturated rings. The molecule has 3 aliphatic rings. The van der Waals surface area contributed by atoms with Crippen LogP contribution in [0.2, 0.25) is 0 Å². The molecule has 98 valence electrons. The van der Waals surface area contributed by atoms with E-state index in [1.807, 2.05) is 0 Å². The highest BCUT2D eigenvalue weighted by molar-refractivity contribution is 5.05. The van der Waals surface area contributed by atoms with Gasteiger partial charge in [0.1, 0.15) is 0 Å². The second-order valence-electron chi connectivity index (χ2n) is 7.26. The van der Waals surface area contributed by atoms with Gasteiger partial charge in [0, 0.05) is 31.2 Å². The molecule has 0 bridgehead atoms. The van der Waals surface area contributed by atoms with Gasteiger partial charge >= 0.3 is 0 Å². The molecule has 2 heteroatoms. The molecule has 0 aromatic rings. The number of nitrogens with one attached hydrogen (secondary N) is 1. The first-order valence-electron chi connectivity index (χ1n) is 7.57. The highest BCUT2D eigenvalue weighted by Crippen LogP contribution is 2.42. The SMILES string of the molecule is CC(C)C1CNC(C)(C2CC2)CN1CC1CC1.